The van der Waals surface area contributed by atoms with E-state index in [1.807, 2.05) is 26.6 Å². The molecule has 5 rings (SSSR count). The van der Waals surface area contributed by atoms with Crippen LogP contribution in [0.4, 0.5) is 0 Å². The molecule has 0 spiro atoms. The topological polar surface area (TPSA) is 60.9 Å². The lowest BCUT2D eigenvalue weighted by Gasteiger charge is -2.06. The Hall–Kier alpha value is -3.06. The van der Waals surface area contributed by atoms with Crippen molar-refractivity contribution in [2.45, 2.75) is 13.8 Å². The molecule has 0 unspecified atom stereocenters. The minimum absolute atomic E-state index is 0.767. The second kappa shape index (κ2) is 5.22. The van der Waals surface area contributed by atoms with Crippen molar-refractivity contribution < 1.29 is 0 Å². The first-order chi connectivity index (χ1) is 12.2. The highest BCUT2D eigenvalue weighted by molar-refractivity contribution is 7.13. The molecule has 0 aliphatic rings. The number of fused-ring (bicyclic) bond motifs is 3. The van der Waals surface area contributed by atoms with Crippen molar-refractivity contribution in [2.75, 3.05) is 0 Å². The fraction of sp³-hybridized carbons (Fsp3) is 0.111. The fourth-order valence-electron chi connectivity index (χ4n) is 2.94. The van der Waals surface area contributed by atoms with E-state index in [1.54, 1.807) is 23.9 Å². The Morgan fingerprint density at radius 3 is 2.72 bits per heavy atom. The van der Waals surface area contributed by atoms with Gasteiger partial charge in [0.15, 0.2) is 17.1 Å². The monoisotopic (exact) mass is 346 g/mol. The smallest absolute Gasteiger partial charge is 0.179 e. The van der Waals surface area contributed by atoms with Crippen LogP contribution in [-0.2, 0) is 0 Å². The first-order valence-corrected chi connectivity index (χ1v) is 8.79. The number of thiophene rings is 1. The minimum Gasteiger partial charge on any atom is -0.264 e. The molecule has 4 aromatic heterocycles. The molecule has 122 valence electrons. The molecule has 7 heteroatoms. The van der Waals surface area contributed by atoms with Crippen LogP contribution in [0, 0.1) is 13.8 Å². The van der Waals surface area contributed by atoms with Gasteiger partial charge in [0, 0.05) is 0 Å². The lowest BCUT2D eigenvalue weighted by Crippen LogP contribution is -1.99. The SMILES string of the molecule is Cc1ccc(-n2ncc3c2ncn2c(-c4cccs4)nnc32)cc1C. The Morgan fingerprint density at radius 1 is 1.00 bits per heavy atom. The molecule has 0 fully saturated rings. The molecule has 25 heavy (non-hydrogen) atoms. The Bertz CT molecular complexity index is 1220. The molecular weight excluding hydrogens is 332 g/mol. The first-order valence-electron chi connectivity index (χ1n) is 7.91. The van der Waals surface area contributed by atoms with E-state index >= 15 is 0 Å². The van der Waals surface area contributed by atoms with E-state index in [-0.39, 0.29) is 0 Å². The van der Waals surface area contributed by atoms with E-state index in [1.165, 1.54) is 11.1 Å². The van der Waals surface area contributed by atoms with Gasteiger partial charge in [-0.05, 0) is 48.6 Å². The van der Waals surface area contributed by atoms with Crippen molar-refractivity contribution in [3.05, 3.63) is 59.4 Å². The van der Waals surface area contributed by atoms with Crippen LogP contribution in [0.15, 0.2) is 48.2 Å². The highest BCUT2D eigenvalue weighted by atomic mass is 32.1. The van der Waals surface area contributed by atoms with Crippen LogP contribution in [0.3, 0.4) is 0 Å². The summed E-state index contributed by atoms with van der Waals surface area (Å²) >= 11 is 1.63. The molecule has 4 heterocycles. The molecular formula is C18H14N6S. The van der Waals surface area contributed by atoms with E-state index < -0.39 is 0 Å². The summed E-state index contributed by atoms with van der Waals surface area (Å²) in [6.45, 7) is 4.20. The van der Waals surface area contributed by atoms with E-state index in [0.29, 0.717) is 0 Å². The quantitative estimate of drug-likeness (QED) is 0.488. The molecule has 0 saturated carbocycles. The van der Waals surface area contributed by atoms with E-state index in [2.05, 4.69) is 52.3 Å². The van der Waals surface area contributed by atoms with Gasteiger partial charge < -0.3 is 0 Å². The molecule has 0 amide bonds. The van der Waals surface area contributed by atoms with Gasteiger partial charge in [0.25, 0.3) is 0 Å². The lowest BCUT2D eigenvalue weighted by atomic mass is 10.1. The summed E-state index contributed by atoms with van der Waals surface area (Å²) in [5, 5.41) is 16.2. The summed E-state index contributed by atoms with van der Waals surface area (Å²) in [6, 6.07) is 10.3. The van der Waals surface area contributed by atoms with Crippen LogP contribution in [0.5, 0.6) is 0 Å². The maximum atomic E-state index is 4.63. The number of benzene rings is 1. The fourth-order valence-corrected chi connectivity index (χ4v) is 3.65. The Balaban J connectivity index is 1.74. The van der Waals surface area contributed by atoms with Gasteiger partial charge >= 0.3 is 0 Å². The van der Waals surface area contributed by atoms with Crippen LogP contribution >= 0.6 is 11.3 Å². The predicted octanol–water partition coefficient (Wildman–Crippen LogP) is 3.81. The summed E-state index contributed by atoms with van der Waals surface area (Å²) in [5.74, 6) is 0.804. The molecule has 0 bridgehead atoms. The summed E-state index contributed by atoms with van der Waals surface area (Å²) in [6.07, 6.45) is 3.58. The molecule has 0 aliphatic carbocycles. The third kappa shape index (κ3) is 2.09. The third-order valence-corrected chi connectivity index (χ3v) is 5.32. The first kappa shape index (κ1) is 14.3. The van der Waals surface area contributed by atoms with Gasteiger partial charge in [-0.1, -0.05) is 12.1 Å². The number of aryl methyl sites for hydroxylation is 2. The van der Waals surface area contributed by atoms with Crippen molar-refractivity contribution in [3.63, 3.8) is 0 Å². The van der Waals surface area contributed by atoms with Crippen molar-refractivity contribution in [2.24, 2.45) is 0 Å². The third-order valence-electron chi connectivity index (χ3n) is 4.45. The van der Waals surface area contributed by atoms with Crippen LogP contribution in [0.2, 0.25) is 0 Å². The molecule has 0 N–H and O–H groups in total. The van der Waals surface area contributed by atoms with Gasteiger partial charge in [-0.2, -0.15) is 5.10 Å². The van der Waals surface area contributed by atoms with Crippen LogP contribution in [-0.4, -0.2) is 29.4 Å². The van der Waals surface area contributed by atoms with Crippen LogP contribution in [0.1, 0.15) is 11.1 Å². The Kier molecular flexibility index (Phi) is 2.98. The number of rotatable bonds is 2. The average molecular weight is 346 g/mol. The molecule has 0 radical (unpaired) electrons. The van der Waals surface area contributed by atoms with Gasteiger partial charge in [0.2, 0.25) is 0 Å². The van der Waals surface area contributed by atoms with Gasteiger partial charge in [0.1, 0.15) is 6.33 Å². The summed E-state index contributed by atoms with van der Waals surface area (Å²) in [5.41, 5.74) is 5.02. The van der Waals surface area contributed by atoms with Crippen molar-refractivity contribution in [1.29, 1.82) is 0 Å². The largest absolute Gasteiger partial charge is 0.264 e. The lowest BCUT2D eigenvalue weighted by molar-refractivity contribution is 0.891. The van der Waals surface area contributed by atoms with E-state index in [0.717, 1.165) is 33.1 Å². The second-order valence-corrected chi connectivity index (χ2v) is 6.95. The number of nitrogens with zero attached hydrogens (tertiary/aromatic N) is 6. The summed E-state index contributed by atoms with van der Waals surface area (Å²) < 4.78 is 3.77. The van der Waals surface area contributed by atoms with Gasteiger partial charge in [0.05, 0.1) is 22.1 Å². The maximum absolute atomic E-state index is 4.63. The summed E-state index contributed by atoms with van der Waals surface area (Å²) in [7, 11) is 0. The average Bonchev–Trinajstić information content (AvgIpc) is 3.34. The van der Waals surface area contributed by atoms with E-state index in [9.17, 15) is 0 Å². The molecule has 0 aliphatic heterocycles. The van der Waals surface area contributed by atoms with Crippen LogP contribution in [0.25, 0.3) is 33.1 Å². The zero-order valence-corrected chi connectivity index (χ0v) is 14.5. The minimum atomic E-state index is 0.767. The van der Waals surface area contributed by atoms with Crippen molar-refractivity contribution in [1.82, 2.24) is 29.4 Å². The number of aromatic nitrogens is 6. The maximum Gasteiger partial charge on any atom is 0.179 e. The molecule has 0 atom stereocenters. The highest BCUT2D eigenvalue weighted by Crippen LogP contribution is 2.26. The second-order valence-electron chi connectivity index (χ2n) is 6.00. The van der Waals surface area contributed by atoms with Gasteiger partial charge in [-0.25, -0.2) is 9.67 Å². The predicted molar refractivity (Wildman–Crippen MR) is 98.2 cm³/mol. The Morgan fingerprint density at radius 2 is 1.92 bits per heavy atom. The van der Waals surface area contributed by atoms with Gasteiger partial charge in [-0.15, -0.1) is 21.5 Å². The normalized spacial score (nSPS) is 11.6. The zero-order chi connectivity index (χ0) is 17.0. The standard InChI is InChI=1S/C18H14N6S/c1-11-5-6-13(8-12(11)2)24-16-14(9-20-24)17-21-22-18(23(17)10-19-16)15-4-3-7-25-15/h3-10H,1-2H3. The summed E-state index contributed by atoms with van der Waals surface area (Å²) in [4.78, 5) is 5.69. The van der Waals surface area contributed by atoms with Crippen molar-refractivity contribution >= 4 is 28.0 Å². The van der Waals surface area contributed by atoms with Crippen molar-refractivity contribution in [3.8, 4) is 16.4 Å². The zero-order valence-electron chi connectivity index (χ0n) is 13.7. The number of hydrogen-bond acceptors (Lipinski definition) is 5. The van der Waals surface area contributed by atoms with Gasteiger partial charge in [-0.3, -0.25) is 4.40 Å². The molecule has 5 aromatic rings. The highest BCUT2D eigenvalue weighted by Gasteiger charge is 2.15. The molecule has 1 aromatic carbocycles. The molecule has 6 nitrogen and oxygen atoms in total. The van der Waals surface area contributed by atoms with Crippen LogP contribution < -0.4 is 0 Å². The Labute approximate surface area is 147 Å². The molecule has 0 saturated heterocycles. The number of hydrogen-bond donors (Lipinski definition) is 0. The van der Waals surface area contributed by atoms with E-state index in [4.69, 9.17) is 0 Å².